The van der Waals surface area contributed by atoms with E-state index in [1.807, 2.05) is 6.07 Å². The lowest BCUT2D eigenvalue weighted by Gasteiger charge is -2.08. The van der Waals surface area contributed by atoms with Crippen LogP contribution in [0.15, 0.2) is 18.2 Å². The average Bonchev–Trinajstić information content (AvgIpc) is 2.79. The Labute approximate surface area is 131 Å². The van der Waals surface area contributed by atoms with E-state index in [0.717, 1.165) is 36.0 Å². The normalized spacial score (nSPS) is 10.9. The van der Waals surface area contributed by atoms with E-state index in [1.165, 1.54) is 16.0 Å². The van der Waals surface area contributed by atoms with Gasteiger partial charge in [0, 0.05) is 11.4 Å². The minimum atomic E-state index is 0.545. The maximum atomic E-state index is 5.90. The van der Waals surface area contributed by atoms with Crippen molar-refractivity contribution < 1.29 is 4.74 Å². The molecule has 0 aliphatic rings. The van der Waals surface area contributed by atoms with Gasteiger partial charge in [0.2, 0.25) is 0 Å². The van der Waals surface area contributed by atoms with E-state index in [4.69, 9.17) is 4.74 Å². The molecule has 21 heavy (non-hydrogen) atoms. The summed E-state index contributed by atoms with van der Waals surface area (Å²) in [6.45, 7) is 10.9. The molecule has 0 aliphatic carbocycles. The number of nitrogens with one attached hydrogen (secondary N) is 1. The maximum Gasteiger partial charge on any atom is 0.140 e. The number of aromatic nitrogens is 1. The van der Waals surface area contributed by atoms with Crippen LogP contribution in [0.3, 0.4) is 0 Å². The molecule has 0 atom stereocenters. The summed E-state index contributed by atoms with van der Waals surface area (Å²) in [5.74, 6) is 0.944. The fraction of sp³-hybridized carbons (Fsp3) is 0.471. The van der Waals surface area contributed by atoms with Gasteiger partial charge in [0.1, 0.15) is 17.4 Å². The molecular weight excluding hydrogens is 280 g/mol. The Morgan fingerprint density at radius 2 is 2.05 bits per heavy atom. The van der Waals surface area contributed by atoms with Gasteiger partial charge in [-0.05, 0) is 45.4 Å². The van der Waals surface area contributed by atoms with Crippen molar-refractivity contribution >= 4 is 11.3 Å². The molecule has 2 aromatic rings. The molecule has 0 radical (unpaired) electrons. The van der Waals surface area contributed by atoms with Gasteiger partial charge in [-0.15, -0.1) is 11.3 Å². The summed E-state index contributed by atoms with van der Waals surface area (Å²) in [6, 6.07) is 6.26. The van der Waals surface area contributed by atoms with Crippen LogP contribution in [-0.2, 0) is 13.2 Å². The zero-order valence-corrected chi connectivity index (χ0v) is 14.1. The third-order valence-corrected chi connectivity index (χ3v) is 4.46. The van der Waals surface area contributed by atoms with Crippen molar-refractivity contribution in [3.63, 3.8) is 0 Å². The second-order valence-electron chi connectivity index (χ2n) is 5.35. The number of ether oxygens (including phenoxy) is 1. The van der Waals surface area contributed by atoms with Crippen LogP contribution in [0.4, 0.5) is 0 Å². The van der Waals surface area contributed by atoms with Crippen LogP contribution in [0.2, 0.25) is 0 Å². The second-order valence-corrected chi connectivity index (χ2v) is 6.52. The van der Waals surface area contributed by atoms with E-state index in [-0.39, 0.29) is 0 Å². The molecular formula is C17H24N2OS. The number of nitrogens with zero attached hydrogens (tertiary/aromatic N) is 1. The van der Waals surface area contributed by atoms with Gasteiger partial charge in [-0.25, -0.2) is 4.98 Å². The summed E-state index contributed by atoms with van der Waals surface area (Å²) < 4.78 is 5.90. The van der Waals surface area contributed by atoms with Gasteiger partial charge in [0.15, 0.2) is 0 Å². The number of rotatable bonds is 7. The summed E-state index contributed by atoms with van der Waals surface area (Å²) >= 11 is 1.74. The fourth-order valence-corrected chi connectivity index (χ4v) is 3.15. The third-order valence-electron chi connectivity index (χ3n) is 3.33. The van der Waals surface area contributed by atoms with Crippen molar-refractivity contribution in [2.24, 2.45) is 0 Å². The topological polar surface area (TPSA) is 34.1 Å². The number of thiazole rings is 1. The smallest absolute Gasteiger partial charge is 0.140 e. The standard InChI is InChI=1S/C17H24N2OS/c1-5-8-18-10-16-14(4)19-17(21-16)11-20-15-7-6-12(2)9-13(15)3/h6-7,9,18H,5,8,10-11H2,1-4H3. The molecule has 1 aromatic heterocycles. The van der Waals surface area contributed by atoms with E-state index in [1.54, 1.807) is 11.3 Å². The minimum Gasteiger partial charge on any atom is -0.486 e. The zero-order valence-electron chi connectivity index (χ0n) is 13.3. The molecule has 2 rings (SSSR count). The highest BCUT2D eigenvalue weighted by atomic mass is 32.1. The SMILES string of the molecule is CCCNCc1sc(COc2ccc(C)cc2C)nc1C. The molecule has 0 unspecified atom stereocenters. The van der Waals surface area contributed by atoms with Gasteiger partial charge in [-0.1, -0.05) is 24.6 Å². The van der Waals surface area contributed by atoms with E-state index in [9.17, 15) is 0 Å². The highest BCUT2D eigenvalue weighted by Crippen LogP contribution is 2.23. The summed E-state index contributed by atoms with van der Waals surface area (Å²) in [7, 11) is 0. The first-order valence-electron chi connectivity index (χ1n) is 7.46. The van der Waals surface area contributed by atoms with Crippen LogP contribution in [0.5, 0.6) is 5.75 Å². The van der Waals surface area contributed by atoms with Crippen molar-refractivity contribution in [2.45, 2.75) is 47.3 Å². The Hall–Kier alpha value is -1.39. The highest BCUT2D eigenvalue weighted by molar-refractivity contribution is 7.11. The fourth-order valence-electron chi connectivity index (χ4n) is 2.19. The molecule has 0 amide bonds. The van der Waals surface area contributed by atoms with E-state index < -0.39 is 0 Å². The third kappa shape index (κ3) is 4.55. The molecule has 4 heteroatoms. The number of benzene rings is 1. The summed E-state index contributed by atoms with van der Waals surface area (Å²) in [5.41, 5.74) is 3.55. The predicted molar refractivity (Wildman–Crippen MR) is 89.1 cm³/mol. The monoisotopic (exact) mass is 304 g/mol. The molecule has 3 nitrogen and oxygen atoms in total. The van der Waals surface area contributed by atoms with Crippen molar-refractivity contribution in [3.8, 4) is 5.75 Å². The first-order chi connectivity index (χ1) is 10.1. The Bertz CT molecular complexity index is 592. The van der Waals surface area contributed by atoms with Crippen molar-refractivity contribution in [3.05, 3.63) is 44.9 Å². The lowest BCUT2D eigenvalue weighted by atomic mass is 10.1. The van der Waals surface area contributed by atoms with Crippen molar-refractivity contribution in [2.75, 3.05) is 6.54 Å². The quantitative estimate of drug-likeness (QED) is 0.780. The Kier molecular flexibility index (Phi) is 5.76. The zero-order chi connectivity index (χ0) is 15.2. The molecule has 0 bridgehead atoms. The summed E-state index contributed by atoms with van der Waals surface area (Å²) in [6.07, 6.45) is 1.15. The average molecular weight is 304 g/mol. The van der Waals surface area contributed by atoms with Crippen LogP contribution >= 0.6 is 11.3 Å². The molecule has 1 N–H and O–H groups in total. The number of hydrogen-bond donors (Lipinski definition) is 1. The largest absolute Gasteiger partial charge is 0.486 e. The molecule has 1 aromatic carbocycles. The van der Waals surface area contributed by atoms with E-state index in [2.05, 4.69) is 50.1 Å². The van der Waals surface area contributed by atoms with Crippen LogP contribution < -0.4 is 10.1 Å². The van der Waals surface area contributed by atoms with Crippen LogP contribution in [0.1, 0.15) is 40.1 Å². The first kappa shape index (κ1) is 16.0. The second kappa shape index (κ2) is 7.57. The lowest BCUT2D eigenvalue weighted by Crippen LogP contribution is -2.13. The van der Waals surface area contributed by atoms with E-state index in [0.29, 0.717) is 6.61 Å². The highest BCUT2D eigenvalue weighted by Gasteiger charge is 2.08. The minimum absolute atomic E-state index is 0.545. The molecule has 0 fully saturated rings. The predicted octanol–water partition coefficient (Wildman–Crippen LogP) is 4.15. The van der Waals surface area contributed by atoms with Crippen molar-refractivity contribution in [1.82, 2.24) is 10.3 Å². The Balaban J connectivity index is 1.95. The Morgan fingerprint density at radius 3 is 2.76 bits per heavy atom. The van der Waals surface area contributed by atoms with Gasteiger partial charge in [-0.2, -0.15) is 0 Å². The van der Waals surface area contributed by atoms with Crippen LogP contribution in [0.25, 0.3) is 0 Å². The summed E-state index contributed by atoms with van der Waals surface area (Å²) in [4.78, 5) is 5.91. The summed E-state index contributed by atoms with van der Waals surface area (Å²) in [5, 5.41) is 4.47. The van der Waals surface area contributed by atoms with Gasteiger partial charge < -0.3 is 10.1 Å². The van der Waals surface area contributed by atoms with E-state index >= 15 is 0 Å². The molecule has 1 heterocycles. The molecule has 114 valence electrons. The first-order valence-corrected chi connectivity index (χ1v) is 8.27. The van der Waals surface area contributed by atoms with Gasteiger partial charge in [0.25, 0.3) is 0 Å². The maximum absolute atomic E-state index is 5.90. The number of aryl methyl sites for hydroxylation is 3. The Morgan fingerprint density at radius 1 is 1.24 bits per heavy atom. The molecule has 0 spiro atoms. The number of hydrogen-bond acceptors (Lipinski definition) is 4. The molecule has 0 aliphatic heterocycles. The van der Waals surface area contributed by atoms with Crippen LogP contribution in [0, 0.1) is 20.8 Å². The lowest BCUT2D eigenvalue weighted by molar-refractivity contribution is 0.303. The van der Waals surface area contributed by atoms with Gasteiger partial charge in [0.05, 0.1) is 5.69 Å². The molecule has 0 saturated heterocycles. The van der Waals surface area contributed by atoms with Crippen molar-refractivity contribution in [1.29, 1.82) is 0 Å². The van der Waals surface area contributed by atoms with Gasteiger partial charge >= 0.3 is 0 Å². The molecule has 0 saturated carbocycles. The van der Waals surface area contributed by atoms with Gasteiger partial charge in [-0.3, -0.25) is 0 Å². The van der Waals surface area contributed by atoms with Crippen LogP contribution in [-0.4, -0.2) is 11.5 Å².